The first kappa shape index (κ1) is 14.8. The number of carboxylic acids is 1. The third-order valence-corrected chi connectivity index (χ3v) is 1.58. The van der Waals surface area contributed by atoms with E-state index in [1.165, 1.54) is 0 Å². The lowest BCUT2D eigenvalue weighted by Gasteiger charge is -2.23. The molecule has 0 unspecified atom stereocenters. The van der Waals surface area contributed by atoms with E-state index in [1.54, 1.807) is 0 Å². The molecule has 7 nitrogen and oxygen atoms in total. The number of carboxylic acid groups (broad SMARTS) is 1. The van der Waals surface area contributed by atoms with Crippen molar-refractivity contribution in [3.05, 3.63) is 0 Å². The number of ether oxygens (including phenoxy) is 1. The van der Waals surface area contributed by atoms with Crippen LogP contribution in [-0.2, 0) is 19.2 Å². The number of hydrogen-bond acceptors (Lipinski definition) is 6. The van der Waals surface area contributed by atoms with Crippen LogP contribution in [0.5, 0.6) is 0 Å². The topological polar surface area (TPSA) is 111 Å². The average Bonchev–Trinajstić information content (AvgIpc) is 2.21. The standard InChI is InChI=1S/C9H18N2O5/c1-9(2,5-15-8(14)3-10)6-16-11-4-7(12)13/h11H,3-6,10H2,1-2H3,(H,12,13). The van der Waals surface area contributed by atoms with Crippen molar-refractivity contribution in [2.45, 2.75) is 13.8 Å². The van der Waals surface area contributed by atoms with Crippen LogP contribution in [0.25, 0.3) is 0 Å². The van der Waals surface area contributed by atoms with Gasteiger partial charge in [-0.3, -0.25) is 9.59 Å². The summed E-state index contributed by atoms with van der Waals surface area (Å²) in [5, 5.41) is 8.33. The van der Waals surface area contributed by atoms with Crippen molar-refractivity contribution in [2.24, 2.45) is 11.1 Å². The van der Waals surface area contributed by atoms with Gasteiger partial charge in [-0.1, -0.05) is 13.8 Å². The van der Waals surface area contributed by atoms with Gasteiger partial charge >= 0.3 is 11.9 Å². The van der Waals surface area contributed by atoms with E-state index >= 15 is 0 Å². The molecule has 0 heterocycles. The second kappa shape index (κ2) is 7.15. The summed E-state index contributed by atoms with van der Waals surface area (Å²) in [4.78, 5) is 25.9. The molecule has 0 saturated heterocycles. The quantitative estimate of drug-likeness (QED) is 0.284. The minimum absolute atomic E-state index is 0.159. The molecule has 7 heteroatoms. The molecule has 0 aromatic rings. The van der Waals surface area contributed by atoms with Crippen molar-refractivity contribution in [1.82, 2.24) is 5.48 Å². The maximum absolute atomic E-state index is 10.8. The summed E-state index contributed by atoms with van der Waals surface area (Å²) in [5.74, 6) is -1.49. The van der Waals surface area contributed by atoms with Crippen LogP contribution in [-0.4, -0.2) is 43.3 Å². The Hall–Kier alpha value is -1.18. The van der Waals surface area contributed by atoms with Crippen LogP contribution >= 0.6 is 0 Å². The Morgan fingerprint density at radius 2 is 2.00 bits per heavy atom. The molecule has 0 fully saturated rings. The Bertz CT molecular complexity index is 242. The molecule has 4 N–H and O–H groups in total. The molecule has 0 saturated carbocycles. The Morgan fingerprint density at radius 1 is 1.38 bits per heavy atom. The molecule has 0 aliphatic heterocycles. The third-order valence-electron chi connectivity index (χ3n) is 1.58. The van der Waals surface area contributed by atoms with Crippen molar-refractivity contribution in [3.63, 3.8) is 0 Å². The summed E-state index contributed by atoms with van der Waals surface area (Å²) in [6, 6.07) is 0. The van der Waals surface area contributed by atoms with Crippen LogP contribution in [0.3, 0.4) is 0 Å². The van der Waals surface area contributed by atoms with E-state index in [0.717, 1.165) is 0 Å². The van der Waals surface area contributed by atoms with Gasteiger partial charge in [0.05, 0.1) is 19.8 Å². The molecule has 0 aromatic carbocycles. The molecule has 0 aliphatic rings. The minimum atomic E-state index is -1.01. The summed E-state index contributed by atoms with van der Waals surface area (Å²) in [6.07, 6.45) is 0. The third kappa shape index (κ3) is 8.16. The predicted molar refractivity (Wildman–Crippen MR) is 55.4 cm³/mol. The maximum Gasteiger partial charge on any atom is 0.319 e. The Balaban J connectivity index is 3.69. The van der Waals surface area contributed by atoms with Crippen LogP contribution < -0.4 is 11.2 Å². The number of nitrogens with one attached hydrogen (secondary N) is 1. The highest BCUT2D eigenvalue weighted by Gasteiger charge is 2.20. The SMILES string of the molecule is CC(C)(CONCC(=O)O)COC(=O)CN. The van der Waals surface area contributed by atoms with Crippen LogP contribution in [0.4, 0.5) is 0 Å². The van der Waals surface area contributed by atoms with Crippen molar-refractivity contribution >= 4 is 11.9 Å². The van der Waals surface area contributed by atoms with E-state index < -0.39 is 17.4 Å². The van der Waals surface area contributed by atoms with Crippen molar-refractivity contribution < 1.29 is 24.3 Å². The summed E-state index contributed by atoms with van der Waals surface area (Å²) < 4.78 is 4.85. The van der Waals surface area contributed by atoms with Crippen LogP contribution in [0.2, 0.25) is 0 Å². The molecule has 0 rings (SSSR count). The zero-order valence-electron chi connectivity index (χ0n) is 9.49. The van der Waals surface area contributed by atoms with Gasteiger partial charge in [-0.15, -0.1) is 0 Å². The molecule has 0 spiro atoms. The zero-order chi connectivity index (χ0) is 12.6. The minimum Gasteiger partial charge on any atom is -0.480 e. The molecule has 94 valence electrons. The van der Waals surface area contributed by atoms with E-state index in [9.17, 15) is 9.59 Å². The lowest BCUT2D eigenvalue weighted by Crippen LogP contribution is -2.33. The number of esters is 1. The number of nitrogens with two attached hydrogens (primary N) is 1. The van der Waals surface area contributed by atoms with Crippen molar-refractivity contribution in [1.29, 1.82) is 0 Å². The van der Waals surface area contributed by atoms with E-state index in [1.807, 2.05) is 13.8 Å². The fourth-order valence-electron chi connectivity index (χ4n) is 0.736. The zero-order valence-corrected chi connectivity index (χ0v) is 9.49. The normalized spacial score (nSPS) is 11.2. The van der Waals surface area contributed by atoms with Gasteiger partial charge in [0.25, 0.3) is 0 Å². The van der Waals surface area contributed by atoms with E-state index in [2.05, 4.69) is 5.48 Å². The fraction of sp³-hybridized carbons (Fsp3) is 0.778. The fourth-order valence-corrected chi connectivity index (χ4v) is 0.736. The largest absolute Gasteiger partial charge is 0.480 e. The van der Waals surface area contributed by atoms with Gasteiger partial charge in [-0.2, -0.15) is 5.48 Å². The van der Waals surface area contributed by atoms with Crippen LogP contribution in [0, 0.1) is 5.41 Å². The molecule has 0 amide bonds. The number of hydrogen-bond donors (Lipinski definition) is 3. The summed E-state index contributed by atoms with van der Waals surface area (Å²) in [7, 11) is 0. The van der Waals surface area contributed by atoms with Crippen LogP contribution in [0.1, 0.15) is 13.8 Å². The molecule has 0 aliphatic carbocycles. The molecule has 0 atom stereocenters. The Labute approximate surface area is 93.8 Å². The first-order chi connectivity index (χ1) is 7.37. The Kier molecular flexibility index (Phi) is 6.63. The molecule has 0 aromatic heterocycles. The van der Waals surface area contributed by atoms with Gasteiger partial charge in [0, 0.05) is 5.41 Å². The van der Waals surface area contributed by atoms with Gasteiger partial charge in [0.15, 0.2) is 0 Å². The predicted octanol–water partition coefficient (Wildman–Crippen LogP) is -0.880. The second-order valence-corrected chi connectivity index (χ2v) is 4.03. The van der Waals surface area contributed by atoms with Crippen molar-refractivity contribution in [3.8, 4) is 0 Å². The second-order valence-electron chi connectivity index (χ2n) is 4.03. The van der Waals surface area contributed by atoms with Gasteiger partial charge in [0.2, 0.25) is 0 Å². The van der Waals surface area contributed by atoms with E-state index in [0.29, 0.717) is 0 Å². The Morgan fingerprint density at radius 3 is 2.50 bits per heavy atom. The average molecular weight is 234 g/mol. The van der Waals surface area contributed by atoms with Crippen molar-refractivity contribution in [2.75, 3.05) is 26.3 Å². The summed E-state index contributed by atoms with van der Waals surface area (Å²) >= 11 is 0. The maximum atomic E-state index is 10.8. The molecule has 0 bridgehead atoms. The summed E-state index contributed by atoms with van der Waals surface area (Å²) in [5.41, 5.74) is 6.94. The van der Waals surface area contributed by atoms with E-state index in [4.69, 9.17) is 20.4 Å². The van der Waals surface area contributed by atoms with Gasteiger partial charge < -0.3 is 20.4 Å². The first-order valence-electron chi connectivity index (χ1n) is 4.79. The number of rotatable bonds is 8. The molecule has 16 heavy (non-hydrogen) atoms. The number of carbonyl (C=O) groups is 2. The van der Waals surface area contributed by atoms with Gasteiger partial charge in [0.1, 0.15) is 6.54 Å². The first-order valence-corrected chi connectivity index (χ1v) is 4.79. The lowest BCUT2D eigenvalue weighted by molar-refractivity contribution is -0.147. The van der Waals surface area contributed by atoms with Gasteiger partial charge in [-0.25, -0.2) is 0 Å². The molecular weight excluding hydrogens is 216 g/mol. The van der Waals surface area contributed by atoms with E-state index in [-0.39, 0.29) is 26.3 Å². The smallest absolute Gasteiger partial charge is 0.319 e. The monoisotopic (exact) mass is 234 g/mol. The van der Waals surface area contributed by atoms with Gasteiger partial charge in [-0.05, 0) is 0 Å². The number of aliphatic carboxylic acids is 1. The van der Waals surface area contributed by atoms with Crippen LogP contribution in [0.15, 0.2) is 0 Å². The lowest BCUT2D eigenvalue weighted by atomic mass is 9.96. The molecular formula is C9H18N2O5. The highest BCUT2D eigenvalue weighted by molar-refractivity contribution is 5.71. The number of hydroxylamine groups is 1. The summed E-state index contributed by atoms with van der Waals surface area (Å²) in [6.45, 7) is 3.58. The highest BCUT2D eigenvalue weighted by atomic mass is 16.6. The number of carbonyl (C=O) groups excluding carboxylic acids is 1. The molecule has 0 radical (unpaired) electrons. The highest BCUT2D eigenvalue weighted by Crippen LogP contribution is 2.15.